The first kappa shape index (κ1) is 8.53. The van der Waals surface area contributed by atoms with E-state index in [1.807, 2.05) is 0 Å². The second-order valence-corrected chi connectivity index (χ2v) is 3.89. The Hall–Kier alpha value is 0.532. The molecule has 0 N–H and O–H groups in total. The highest BCUT2D eigenvalue weighted by Gasteiger charge is 1.90. The van der Waals surface area contributed by atoms with Crippen LogP contribution in [0.3, 0.4) is 0 Å². The van der Waals surface area contributed by atoms with Gasteiger partial charge in [0.25, 0.3) is 0 Å². The minimum atomic E-state index is 0.920. The molecule has 0 aromatic carbocycles. The minimum Gasteiger partial charge on any atom is -0.101 e. The van der Waals surface area contributed by atoms with E-state index in [2.05, 4.69) is 13.8 Å². The average Bonchev–Trinajstić information content (AvgIpc) is 1.66. The summed E-state index contributed by atoms with van der Waals surface area (Å²) in [7, 11) is 0. The van der Waals surface area contributed by atoms with Crippen LogP contribution in [-0.4, -0.2) is 16.3 Å². The number of unbranched alkanes of at least 4 members (excludes halogenated alkanes) is 1. The lowest BCUT2D eigenvalue weighted by atomic mass is 10.1. The molecule has 0 aromatic rings. The maximum Gasteiger partial charge on any atom is 0.211 e. The lowest BCUT2D eigenvalue weighted by molar-refractivity contribution is 0.550. The smallest absolute Gasteiger partial charge is 0.101 e. The molecule has 0 bridgehead atoms. The molecule has 0 amide bonds. The van der Waals surface area contributed by atoms with Crippen LogP contribution in [0.25, 0.3) is 0 Å². The maximum absolute atomic E-state index is 2.30. The van der Waals surface area contributed by atoms with Gasteiger partial charge < -0.3 is 0 Å². The Bertz CT molecular complexity index is 41.7. The molecule has 0 saturated heterocycles. The van der Waals surface area contributed by atoms with Gasteiger partial charge >= 0.3 is 0 Å². The zero-order valence-corrected chi connectivity index (χ0v) is 8.41. The number of rotatable bonds is 4. The van der Waals surface area contributed by atoms with Crippen LogP contribution in [0.2, 0.25) is 5.28 Å². The van der Waals surface area contributed by atoms with Crippen LogP contribution in [0.5, 0.6) is 0 Å². The zero-order valence-electron chi connectivity index (χ0n) is 6.41. The average molecular weight is 128 g/mol. The number of hydrogen-bond acceptors (Lipinski definition) is 0. The van der Waals surface area contributed by atoms with Gasteiger partial charge in [-0.1, -0.05) is 33.1 Å². The predicted octanol–water partition coefficient (Wildman–Crippen LogP) is 1.86. The van der Waals surface area contributed by atoms with E-state index in [0.717, 1.165) is 5.92 Å². The van der Waals surface area contributed by atoms with Crippen molar-refractivity contribution in [2.24, 2.45) is 5.92 Å². The molecule has 0 aliphatic carbocycles. The van der Waals surface area contributed by atoms with Gasteiger partial charge in [-0.15, -0.1) is 5.28 Å². The summed E-state index contributed by atoms with van der Waals surface area (Å²) in [6, 6.07) is 0. The van der Waals surface area contributed by atoms with Crippen LogP contribution in [0.1, 0.15) is 33.1 Å². The van der Waals surface area contributed by atoms with Crippen molar-refractivity contribution in [3.63, 3.8) is 0 Å². The van der Waals surface area contributed by atoms with Crippen molar-refractivity contribution < 1.29 is 0 Å². The molecule has 0 aliphatic heterocycles. The molecule has 8 heavy (non-hydrogen) atoms. The highest BCUT2D eigenvalue weighted by Crippen LogP contribution is 2.06. The fourth-order valence-corrected chi connectivity index (χ4v) is 1.30. The van der Waals surface area contributed by atoms with Crippen molar-refractivity contribution in [2.45, 2.75) is 38.4 Å². The monoisotopic (exact) mass is 128 g/mol. The summed E-state index contributed by atoms with van der Waals surface area (Å²) in [5, 5.41) is 1.49. The molecular formula is C7H17Al. The number of hydrogen-bond donors (Lipinski definition) is 0. The normalized spacial score (nSPS) is 10.4. The fourth-order valence-electron chi connectivity index (χ4n) is 0.803. The van der Waals surface area contributed by atoms with Crippen molar-refractivity contribution >= 4 is 16.3 Å². The van der Waals surface area contributed by atoms with Crippen LogP contribution in [0.4, 0.5) is 0 Å². The summed E-state index contributed by atoms with van der Waals surface area (Å²) in [4.78, 5) is 0. The molecule has 0 saturated carbocycles. The Kier molecular flexibility index (Phi) is 6.04. The summed E-state index contributed by atoms with van der Waals surface area (Å²) in [5.41, 5.74) is 0. The Balaban J connectivity index is 2.72. The molecule has 1 heteroatoms. The SMILES string of the molecule is CC(C)CCC[CH2][AlH2]. The molecular weight excluding hydrogens is 111 g/mol. The summed E-state index contributed by atoms with van der Waals surface area (Å²) in [6.45, 7) is 4.60. The summed E-state index contributed by atoms with van der Waals surface area (Å²) >= 11 is 1.40. The molecule has 48 valence electrons. The van der Waals surface area contributed by atoms with E-state index >= 15 is 0 Å². The highest BCUT2D eigenvalue weighted by molar-refractivity contribution is 6.08. The van der Waals surface area contributed by atoms with E-state index in [1.54, 1.807) is 0 Å². The van der Waals surface area contributed by atoms with Crippen LogP contribution in [-0.2, 0) is 0 Å². The summed E-state index contributed by atoms with van der Waals surface area (Å²) in [5.74, 6) is 0.920. The fraction of sp³-hybridized carbons (Fsp3) is 1.00. The van der Waals surface area contributed by atoms with E-state index < -0.39 is 0 Å². The van der Waals surface area contributed by atoms with Gasteiger partial charge in [-0.2, -0.15) is 0 Å². The first-order chi connectivity index (χ1) is 3.77. The van der Waals surface area contributed by atoms with Crippen LogP contribution in [0, 0.1) is 5.92 Å². The van der Waals surface area contributed by atoms with E-state index in [9.17, 15) is 0 Å². The van der Waals surface area contributed by atoms with E-state index in [4.69, 9.17) is 0 Å². The molecule has 0 aliphatic rings. The maximum atomic E-state index is 2.30. The topological polar surface area (TPSA) is 0 Å². The van der Waals surface area contributed by atoms with Crippen LogP contribution < -0.4 is 0 Å². The second-order valence-electron chi connectivity index (χ2n) is 2.89. The highest BCUT2D eigenvalue weighted by atomic mass is 27.0. The summed E-state index contributed by atoms with van der Waals surface area (Å²) in [6.07, 6.45) is 4.37. The largest absolute Gasteiger partial charge is 0.211 e. The van der Waals surface area contributed by atoms with E-state index in [-0.39, 0.29) is 0 Å². The Morgan fingerprint density at radius 3 is 2.25 bits per heavy atom. The van der Waals surface area contributed by atoms with Gasteiger partial charge in [-0.25, -0.2) is 0 Å². The molecule has 0 radical (unpaired) electrons. The van der Waals surface area contributed by atoms with Gasteiger partial charge in [-0.05, 0) is 5.92 Å². The Morgan fingerprint density at radius 1 is 1.25 bits per heavy atom. The molecule has 0 aromatic heterocycles. The first-order valence-corrected chi connectivity index (χ1v) is 5.18. The molecule has 0 nitrogen and oxygen atoms in total. The first-order valence-electron chi connectivity index (χ1n) is 3.77. The van der Waals surface area contributed by atoms with E-state index in [0.29, 0.717) is 0 Å². The van der Waals surface area contributed by atoms with Crippen molar-refractivity contribution in [1.29, 1.82) is 0 Å². The van der Waals surface area contributed by atoms with Crippen LogP contribution >= 0.6 is 0 Å². The standard InChI is InChI=1S/C7H15.Al.2H/c1-4-5-6-7(2)3;;;/h7H,1,4-6H2,2-3H3;;;. The van der Waals surface area contributed by atoms with Crippen molar-refractivity contribution in [3.05, 3.63) is 0 Å². The quantitative estimate of drug-likeness (QED) is 0.400. The van der Waals surface area contributed by atoms with Crippen molar-refractivity contribution in [3.8, 4) is 0 Å². The second kappa shape index (κ2) is 5.67. The van der Waals surface area contributed by atoms with Crippen molar-refractivity contribution in [2.75, 3.05) is 0 Å². The third kappa shape index (κ3) is 6.53. The predicted molar refractivity (Wildman–Crippen MR) is 42.0 cm³/mol. The lowest BCUT2D eigenvalue weighted by Gasteiger charge is -2.00. The van der Waals surface area contributed by atoms with Crippen molar-refractivity contribution in [1.82, 2.24) is 0 Å². The Labute approximate surface area is 61.1 Å². The van der Waals surface area contributed by atoms with Crippen LogP contribution in [0.15, 0.2) is 0 Å². The molecule has 0 fully saturated rings. The molecule has 0 spiro atoms. The third-order valence-electron chi connectivity index (χ3n) is 1.39. The zero-order chi connectivity index (χ0) is 6.41. The molecule has 0 atom stereocenters. The van der Waals surface area contributed by atoms with E-state index in [1.165, 1.54) is 40.8 Å². The van der Waals surface area contributed by atoms with Gasteiger partial charge in [0.05, 0.1) is 0 Å². The van der Waals surface area contributed by atoms with Gasteiger partial charge in [0, 0.05) is 0 Å². The lowest BCUT2D eigenvalue weighted by Crippen LogP contribution is -1.85. The van der Waals surface area contributed by atoms with Gasteiger partial charge in [-0.3, -0.25) is 0 Å². The van der Waals surface area contributed by atoms with Gasteiger partial charge in [0.2, 0.25) is 16.3 Å². The van der Waals surface area contributed by atoms with Gasteiger partial charge in [0.1, 0.15) is 0 Å². The third-order valence-corrected chi connectivity index (χ3v) is 2.09. The summed E-state index contributed by atoms with van der Waals surface area (Å²) < 4.78 is 0. The molecule has 0 unspecified atom stereocenters. The minimum absolute atomic E-state index is 0.920. The molecule has 0 rings (SSSR count). The Morgan fingerprint density at radius 2 is 1.88 bits per heavy atom. The van der Waals surface area contributed by atoms with Gasteiger partial charge in [0.15, 0.2) is 0 Å². The molecule has 0 heterocycles.